The Morgan fingerprint density at radius 3 is 1.95 bits per heavy atom. The van der Waals surface area contributed by atoms with E-state index < -0.39 is 24.6 Å². The quantitative estimate of drug-likeness (QED) is 0.519. The fraction of sp³-hybridized carbons (Fsp3) is 0. The van der Waals surface area contributed by atoms with Crippen molar-refractivity contribution in [1.29, 1.82) is 0 Å². The maximum absolute atomic E-state index is 13.0. The van der Waals surface area contributed by atoms with Crippen molar-refractivity contribution < 1.29 is 28.0 Å². The molecule has 0 radical (unpaired) electrons. The molecule has 3 N–H and O–H groups in total. The van der Waals surface area contributed by atoms with E-state index in [0.717, 1.165) is 12.1 Å². The molecule has 0 aliphatic rings. The van der Waals surface area contributed by atoms with Crippen molar-refractivity contribution in [2.45, 2.75) is 0 Å². The molecular formula is C12H9BF3O3+. The monoisotopic (exact) mass is 269 g/mol. The van der Waals surface area contributed by atoms with Crippen LogP contribution in [0.15, 0.2) is 36.4 Å². The maximum Gasteiger partial charge on any atom is 0.727 e. The SMILES string of the molecule is OB([OH2+])c1ccc(Oc2cc(F)c(F)c(F)c2)cc1. The molecule has 2 aromatic carbocycles. The fourth-order valence-electron chi connectivity index (χ4n) is 1.45. The highest BCUT2D eigenvalue weighted by Crippen LogP contribution is 2.24. The molecule has 7 heteroatoms. The molecule has 98 valence electrons. The molecule has 0 atom stereocenters. The predicted molar refractivity (Wildman–Crippen MR) is 64.1 cm³/mol. The van der Waals surface area contributed by atoms with Gasteiger partial charge >= 0.3 is 7.12 Å². The molecule has 0 unspecified atom stereocenters. The van der Waals surface area contributed by atoms with E-state index in [4.69, 9.17) is 14.8 Å². The molecular weight excluding hydrogens is 260 g/mol. The Morgan fingerprint density at radius 1 is 0.947 bits per heavy atom. The molecule has 0 bridgehead atoms. The van der Waals surface area contributed by atoms with Crippen LogP contribution < -0.4 is 10.2 Å². The Labute approximate surface area is 107 Å². The van der Waals surface area contributed by atoms with Crippen molar-refractivity contribution >= 4 is 12.6 Å². The summed E-state index contributed by atoms with van der Waals surface area (Å²) < 4.78 is 43.8. The maximum atomic E-state index is 13.0. The average molecular weight is 269 g/mol. The number of halogens is 3. The Balaban J connectivity index is 2.21. The van der Waals surface area contributed by atoms with Gasteiger partial charge in [0.05, 0.1) is 0 Å². The van der Waals surface area contributed by atoms with Gasteiger partial charge in [0, 0.05) is 17.6 Å². The summed E-state index contributed by atoms with van der Waals surface area (Å²) in [5, 5.41) is 16.1. The molecule has 0 amide bonds. The highest BCUT2D eigenvalue weighted by Gasteiger charge is 2.21. The van der Waals surface area contributed by atoms with E-state index >= 15 is 0 Å². The number of benzene rings is 2. The summed E-state index contributed by atoms with van der Waals surface area (Å²) in [7, 11) is -1.37. The van der Waals surface area contributed by atoms with Gasteiger partial charge < -0.3 is 14.8 Å². The molecule has 3 nitrogen and oxygen atoms in total. The Hall–Kier alpha value is -1.99. The first kappa shape index (κ1) is 13.4. The van der Waals surface area contributed by atoms with E-state index in [0.29, 0.717) is 5.46 Å². The average Bonchev–Trinajstić information content (AvgIpc) is 2.36. The van der Waals surface area contributed by atoms with Crippen molar-refractivity contribution in [3.05, 3.63) is 53.8 Å². The topological polar surface area (TPSA) is 52.4 Å². The van der Waals surface area contributed by atoms with Crippen LogP contribution in [0.5, 0.6) is 11.5 Å². The molecule has 19 heavy (non-hydrogen) atoms. The minimum absolute atomic E-state index is 0.185. The number of rotatable bonds is 3. The molecule has 0 spiro atoms. The smallest absolute Gasteiger partial charge is 0.522 e. The third-order valence-corrected chi connectivity index (χ3v) is 2.39. The minimum atomic E-state index is -1.56. The fourth-order valence-corrected chi connectivity index (χ4v) is 1.45. The first-order valence-corrected chi connectivity index (χ1v) is 5.29. The lowest BCUT2D eigenvalue weighted by Gasteiger charge is -2.06. The number of ether oxygens (including phenoxy) is 1. The van der Waals surface area contributed by atoms with Crippen LogP contribution in [0.2, 0.25) is 0 Å². The second-order valence-corrected chi connectivity index (χ2v) is 3.77. The van der Waals surface area contributed by atoms with Gasteiger partial charge in [0.25, 0.3) is 0 Å². The molecule has 2 rings (SSSR count). The van der Waals surface area contributed by atoms with Crippen molar-refractivity contribution in [1.82, 2.24) is 0 Å². The van der Waals surface area contributed by atoms with Crippen molar-refractivity contribution in [2.24, 2.45) is 0 Å². The van der Waals surface area contributed by atoms with E-state index in [2.05, 4.69) is 0 Å². The van der Waals surface area contributed by atoms with Gasteiger partial charge in [0.15, 0.2) is 17.5 Å². The standard InChI is InChI=1S/C12H8BF3O3/c14-10-5-9(6-11(15)12(10)16)19-8-3-1-7(2-4-8)13(17)18/h1-6,17-18H/p+1. The third-order valence-electron chi connectivity index (χ3n) is 2.39. The zero-order chi connectivity index (χ0) is 14.0. The van der Waals surface area contributed by atoms with Crippen LogP contribution in [-0.4, -0.2) is 17.2 Å². The molecule has 0 aliphatic carbocycles. The largest absolute Gasteiger partial charge is 0.727 e. The van der Waals surface area contributed by atoms with Crippen LogP contribution in [0.25, 0.3) is 0 Å². The van der Waals surface area contributed by atoms with Gasteiger partial charge in [-0.05, 0) is 12.1 Å². The third kappa shape index (κ3) is 3.07. The lowest BCUT2D eigenvalue weighted by Crippen LogP contribution is -2.29. The van der Waals surface area contributed by atoms with E-state index in [1.54, 1.807) is 0 Å². The Kier molecular flexibility index (Phi) is 3.78. The van der Waals surface area contributed by atoms with Crippen molar-refractivity contribution in [3.8, 4) is 11.5 Å². The Morgan fingerprint density at radius 2 is 1.47 bits per heavy atom. The summed E-state index contributed by atoms with van der Waals surface area (Å²) in [5.74, 6) is -4.17. The van der Waals surface area contributed by atoms with Gasteiger partial charge in [-0.1, -0.05) is 12.1 Å². The van der Waals surface area contributed by atoms with Gasteiger partial charge in [0.2, 0.25) is 0 Å². The first-order valence-electron chi connectivity index (χ1n) is 5.29. The number of hydrogen-bond acceptors (Lipinski definition) is 2. The summed E-state index contributed by atoms with van der Waals surface area (Å²) in [6, 6.07) is 7.17. The van der Waals surface area contributed by atoms with Gasteiger partial charge in [0.1, 0.15) is 11.5 Å². The minimum Gasteiger partial charge on any atom is -0.522 e. The van der Waals surface area contributed by atoms with Crippen LogP contribution in [-0.2, 0) is 0 Å². The van der Waals surface area contributed by atoms with Gasteiger partial charge in [-0.25, -0.2) is 13.2 Å². The summed E-state index contributed by atoms with van der Waals surface area (Å²) >= 11 is 0. The first-order chi connectivity index (χ1) is 8.97. The van der Waals surface area contributed by atoms with Crippen LogP contribution in [0.4, 0.5) is 13.2 Å². The Bertz CT molecular complexity index is 564. The molecule has 0 heterocycles. The number of hydrogen-bond donors (Lipinski definition) is 1. The predicted octanol–water partition coefficient (Wildman–Crippen LogP) is 1.31. The van der Waals surface area contributed by atoms with E-state index in [1.807, 2.05) is 0 Å². The second-order valence-electron chi connectivity index (χ2n) is 3.77. The lowest BCUT2D eigenvalue weighted by atomic mass is 9.80. The van der Waals surface area contributed by atoms with Crippen molar-refractivity contribution in [2.75, 3.05) is 0 Å². The van der Waals surface area contributed by atoms with Gasteiger partial charge in [-0.2, -0.15) is 0 Å². The van der Waals surface area contributed by atoms with Crippen LogP contribution in [0.1, 0.15) is 0 Å². The molecule has 0 saturated carbocycles. The highest BCUT2D eigenvalue weighted by atomic mass is 19.2. The summed E-state index contributed by atoms with van der Waals surface area (Å²) in [6.45, 7) is 0. The lowest BCUT2D eigenvalue weighted by molar-refractivity contribution is 0.423. The van der Waals surface area contributed by atoms with Gasteiger partial charge in [-0.3, -0.25) is 0 Å². The summed E-state index contributed by atoms with van der Waals surface area (Å²) in [6.07, 6.45) is 0. The molecule has 0 saturated heterocycles. The van der Waals surface area contributed by atoms with Crippen molar-refractivity contribution in [3.63, 3.8) is 0 Å². The zero-order valence-electron chi connectivity index (χ0n) is 9.53. The van der Waals surface area contributed by atoms with Gasteiger partial charge in [-0.15, -0.1) is 0 Å². The highest BCUT2D eigenvalue weighted by molar-refractivity contribution is 6.58. The van der Waals surface area contributed by atoms with E-state index in [-0.39, 0.29) is 11.5 Å². The van der Waals surface area contributed by atoms with Crippen LogP contribution in [0, 0.1) is 17.5 Å². The molecule has 0 aliphatic heterocycles. The molecule has 0 fully saturated rings. The van der Waals surface area contributed by atoms with E-state index in [1.165, 1.54) is 24.3 Å². The summed E-state index contributed by atoms with van der Waals surface area (Å²) in [4.78, 5) is 0. The van der Waals surface area contributed by atoms with Crippen LogP contribution in [0.3, 0.4) is 0 Å². The van der Waals surface area contributed by atoms with E-state index in [9.17, 15) is 13.2 Å². The summed E-state index contributed by atoms with van der Waals surface area (Å²) in [5.41, 5.74) is 0.351. The molecule has 0 aromatic heterocycles. The van der Waals surface area contributed by atoms with Crippen LogP contribution >= 0.6 is 0 Å². The normalized spacial score (nSPS) is 10.4. The second kappa shape index (κ2) is 5.33. The zero-order valence-corrected chi connectivity index (χ0v) is 9.53. The molecule has 2 aromatic rings.